The van der Waals surface area contributed by atoms with E-state index in [-0.39, 0.29) is 0 Å². The topological polar surface area (TPSA) is 6.48 Å². The van der Waals surface area contributed by atoms with E-state index in [4.69, 9.17) is 0 Å². The van der Waals surface area contributed by atoms with Gasteiger partial charge in [0.25, 0.3) is 0 Å². The van der Waals surface area contributed by atoms with Crippen LogP contribution in [0.5, 0.6) is 0 Å². The van der Waals surface area contributed by atoms with Crippen molar-refractivity contribution < 1.29 is 0 Å². The molecule has 3 heteroatoms. The summed E-state index contributed by atoms with van der Waals surface area (Å²) in [5, 5.41) is 0. The maximum absolute atomic E-state index is 4.53. The Bertz CT molecular complexity index is 227. The summed E-state index contributed by atoms with van der Waals surface area (Å²) in [6.07, 6.45) is 0. The first kappa shape index (κ1) is 16.3. The average molecular weight is 273 g/mol. The molecule has 0 spiro atoms. The minimum Gasteiger partial charge on any atom is -0.301 e. The molecule has 0 N–H and O–H groups in total. The monoisotopic (exact) mass is 272 g/mol. The number of nitrogens with zero attached hydrogens (tertiary/aromatic N) is 2. The largest absolute Gasteiger partial charge is 0.301 e. The van der Waals surface area contributed by atoms with Crippen molar-refractivity contribution in [2.45, 2.75) is 34.6 Å². The summed E-state index contributed by atoms with van der Waals surface area (Å²) in [5.41, 5.74) is 0.372. The Kier molecular flexibility index (Phi) is 6.49. The highest BCUT2D eigenvalue weighted by Gasteiger charge is 2.27. The van der Waals surface area contributed by atoms with Crippen molar-refractivity contribution in [3.05, 3.63) is 0 Å². The van der Waals surface area contributed by atoms with E-state index in [9.17, 15) is 0 Å². The first-order chi connectivity index (χ1) is 8.32. The highest BCUT2D eigenvalue weighted by Crippen LogP contribution is 2.28. The Morgan fingerprint density at radius 2 is 1.39 bits per heavy atom. The lowest BCUT2D eigenvalue weighted by Gasteiger charge is -2.39. The molecule has 2 nitrogen and oxygen atoms in total. The first-order valence-electron chi connectivity index (χ1n) is 7.38. The molecule has 0 saturated carbocycles. The lowest BCUT2D eigenvalue weighted by molar-refractivity contribution is 0.0911. The fourth-order valence-electron chi connectivity index (χ4n) is 2.59. The number of thiol groups is 1. The van der Waals surface area contributed by atoms with Crippen molar-refractivity contribution in [1.29, 1.82) is 0 Å². The van der Waals surface area contributed by atoms with Crippen LogP contribution in [0.3, 0.4) is 0 Å². The molecule has 0 aliphatic carbocycles. The van der Waals surface area contributed by atoms with Crippen molar-refractivity contribution in [2.75, 3.05) is 45.0 Å². The highest BCUT2D eigenvalue weighted by atomic mass is 32.1. The maximum atomic E-state index is 4.53. The lowest BCUT2D eigenvalue weighted by Crippen LogP contribution is -2.49. The van der Waals surface area contributed by atoms with Crippen molar-refractivity contribution in [3.8, 4) is 0 Å². The van der Waals surface area contributed by atoms with Crippen molar-refractivity contribution in [3.63, 3.8) is 0 Å². The van der Waals surface area contributed by atoms with Gasteiger partial charge in [-0.1, -0.05) is 34.6 Å². The molecule has 1 atom stereocenters. The van der Waals surface area contributed by atoms with Crippen molar-refractivity contribution >= 4 is 12.6 Å². The Balaban J connectivity index is 2.34. The fraction of sp³-hybridized carbons (Fsp3) is 1.00. The van der Waals surface area contributed by atoms with Crippen LogP contribution in [0.1, 0.15) is 34.6 Å². The molecule has 0 aromatic carbocycles. The smallest absolute Gasteiger partial charge is 0.0110 e. The van der Waals surface area contributed by atoms with E-state index < -0.39 is 0 Å². The first-order valence-corrected chi connectivity index (χ1v) is 8.01. The Labute approximate surface area is 120 Å². The molecule has 0 radical (unpaired) electrons. The summed E-state index contributed by atoms with van der Waals surface area (Å²) in [6.45, 7) is 19.0. The van der Waals surface area contributed by atoms with Gasteiger partial charge in [0.2, 0.25) is 0 Å². The second-order valence-electron chi connectivity index (χ2n) is 7.24. The fourth-order valence-corrected chi connectivity index (χ4v) is 3.25. The third kappa shape index (κ3) is 5.50. The number of hydrogen-bond donors (Lipinski definition) is 1. The van der Waals surface area contributed by atoms with Gasteiger partial charge >= 0.3 is 0 Å². The average Bonchev–Trinajstić information content (AvgIpc) is 2.25. The quantitative estimate of drug-likeness (QED) is 0.769. The number of rotatable bonds is 5. The van der Waals surface area contributed by atoms with Crippen LogP contribution in [0.15, 0.2) is 0 Å². The van der Waals surface area contributed by atoms with Gasteiger partial charge in [0, 0.05) is 39.3 Å². The van der Waals surface area contributed by atoms with Gasteiger partial charge in [-0.2, -0.15) is 12.6 Å². The van der Waals surface area contributed by atoms with Gasteiger partial charge < -0.3 is 9.80 Å². The zero-order chi connectivity index (χ0) is 13.8. The third-order valence-corrected chi connectivity index (χ3v) is 4.45. The lowest BCUT2D eigenvalue weighted by atomic mass is 9.81. The third-order valence-electron chi connectivity index (χ3n) is 4.01. The molecule has 0 amide bonds. The molecular weight excluding hydrogens is 240 g/mol. The molecule has 1 unspecified atom stereocenters. The summed E-state index contributed by atoms with van der Waals surface area (Å²) in [4.78, 5) is 5.23. The van der Waals surface area contributed by atoms with Crippen LogP contribution in [-0.2, 0) is 0 Å². The van der Waals surface area contributed by atoms with Gasteiger partial charge in [-0.05, 0) is 23.0 Å². The van der Waals surface area contributed by atoms with Gasteiger partial charge in [0.15, 0.2) is 0 Å². The minimum atomic E-state index is 0.372. The van der Waals surface area contributed by atoms with E-state index in [1.807, 2.05) is 0 Å². The molecule has 0 bridgehead atoms. The SMILES string of the molecule is CC(C)CN1CCN(CC(CS)C(C)(C)C)CC1. The van der Waals surface area contributed by atoms with Crippen molar-refractivity contribution in [1.82, 2.24) is 9.80 Å². The zero-order valence-electron chi connectivity index (χ0n) is 12.9. The Hall–Kier alpha value is 0.270. The predicted octanol–water partition coefficient (Wildman–Crippen LogP) is 2.85. The second kappa shape index (κ2) is 7.16. The van der Waals surface area contributed by atoms with E-state index >= 15 is 0 Å². The van der Waals surface area contributed by atoms with E-state index in [1.54, 1.807) is 0 Å². The highest BCUT2D eigenvalue weighted by molar-refractivity contribution is 7.80. The Morgan fingerprint density at radius 1 is 0.944 bits per heavy atom. The Morgan fingerprint density at radius 3 is 1.72 bits per heavy atom. The number of hydrogen-bond acceptors (Lipinski definition) is 3. The summed E-state index contributed by atoms with van der Waals surface area (Å²) < 4.78 is 0. The summed E-state index contributed by atoms with van der Waals surface area (Å²) in [6, 6.07) is 0. The standard InChI is InChI=1S/C15H32N2S/c1-13(2)10-16-6-8-17(9-7-16)11-14(12-18)15(3,4)5/h13-14,18H,6-12H2,1-5H3. The molecule has 1 aliphatic heterocycles. The van der Waals surface area contributed by atoms with Gasteiger partial charge in [0.1, 0.15) is 0 Å². The summed E-state index contributed by atoms with van der Waals surface area (Å²) >= 11 is 4.53. The van der Waals surface area contributed by atoms with E-state index in [0.717, 1.165) is 11.7 Å². The molecule has 1 heterocycles. The van der Waals surface area contributed by atoms with Crippen LogP contribution in [0.25, 0.3) is 0 Å². The van der Waals surface area contributed by atoms with E-state index in [1.165, 1.54) is 39.3 Å². The molecule has 108 valence electrons. The maximum Gasteiger partial charge on any atom is 0.0110 e. The van der Waals surface area contributed by atoms with E-state index in [2.05, 4.69) is 57.0 Å². The number of piperazine rings is 1. The van der Waals surface area contributed by atoms with Crippen LogP contribution in [-0.4, -0.2) is 54.8 Å². The van der Waals surface area contributed by atoms with Crippen LogP contribution >= 0.6 is 12.6 Å². The van der Waals surface area contributed by atoms with Crippen LogP contribution in [0.2, 0.25) is 0 Å². The zero-order valence-corrected chi connectivity index (χ0v) is 13.8. The molecule has 0 aromatic rings. The molecule has 0 aromatic heterocycles. The van der Waals surface area contributed by atoms with Crippen molar-refractivity contribution in [2.24, 2.45) is 17.3 Å². The normalized spacial score (nSPS) is 21.5. The molecule has 1 aliphatic rings. The summed E-state index contributed by atoms with van der Waals surface area (Å²) in [7, 11) is 0. The second-order valence-corrected chi connectivity index (χ2v) is 7.61. The van der Waals surface area contributed by atoms with Crippen LogP contribution in [0, 0.1) is 17.3 Å². The minimum absolute atomic E-state index is 0.372. The molecule has 1 fully saturated rings. The molecule has 1 rings (SSSR count). The van der Waals surface area contributed by atoms with Crippen LogP contribution < -0.4 is 0 Å². The summed E-state index contributed by atoms with van der Waals surface area (Å²) in [5.74, 6) is 2.48. The van der Waals surface area contributed by atoms with E-state index in [0.29, 0.717) is 11.3 Å². The van der Waals surface area contributed by atoms with Gasteiger partial charge in [0.05, 0.1) is 0 Å². The van der Waals surface area contributed by atoms with Gasteiger partial charge in [-0.3, -0.25) is 0 Å². The van der Waals surface area contributed by atoms with Gasteiger partial charge in [-0.25, -0.2) is 0 Å². The van der Waals surface area contributed by atoms with Crippen LogP contribution in [0.4, 0.5) is 0 Å². The predicted molar refractivity (Wildman–Crippen MR) is 84.5 cm³/mol. The van der Waals surface area contributed by atoms with Gasteiger partial charge in [-0.15, -0.1) is 0 Å². The molecular formula is C15H32N2S. The molecule has 18 heavy (non-hydrogen) atoms. The molecule has 1 saturated heterocycles.